The number of fused-ring (bicyclic) bond motifs is 1. The highest BCUT2D eigenvalue weighted by Crippen LogP contribution is 3.14. The van der Waals surface area contributed by atoms with E-state index in [1.807, 2.05) is 0 Å². The van der Waals surface area contributed by atoms with Crippen molar-refractivity contribution in [2.24, 2.45) is 97.1 Å². The zero-order valence-corrected chi connectivity index (χ0v) is 19.4. The van der Waals surface area contributed by atoms with Crippen molar-refractivity contribution >= 4 is 0 Å². The van der Waals surface area contributed by atoms with Crippen molar-refractivity contribution in [1.29, 1.82) is 0 Å². The van der Waals surface area contributed by atoms with Crippen molar-refractivity contribution in [3.63, 3.8) is 0 Å². The Morgan fingerprint density at radius 2 is 1.36 bits per heavy atom. The first-order valence-corrected chi connectivity index (χ1v) is 13.0. The average molecular weight is 377 g/mol. The molecule has 152 valence electrons. The third-order valence-electron chi connectivity index (χ3n) is 17.6. The first-order chi connectivity index (χ1) is 13.0. The van der Waals surface area contributed by atoms with Gasteiger partial charge in [-0.1, -0.05) is 55.4 Å². The third kappa shape index (κ3) is 0.703. The van der Waals surface area contributed by atoms with Crippen LogP contribution >= 0.6 is 0 Å². The largest absolute Gasteiger partial charge is 0.0620 e. The van der Waals surface area contributed by atoms with Gasteiger partial charge in [-0.3, -0.25) is 0 Å². The molecule has 0 aromatic rings. The summed E-state index contributed by atoms with van der Waals surface area (Å²) in [5.74, 6) is 10.4. The zero-order chi connectivity index (χ0) is 19.4. The van der Waals surface area contributed by atoms with Crippen molar-refractivity contribution in [3.8, 4) is 0 Å². The molecule has 0 heterocycles. The van der Waals surface area contributed by atoms with E-state index < -0.39 is 0 Å². The maximum absolute atomic E-state index is 2.89. The molecule has 5 bridgehead atoms. The molecule has 28 heavy (non-hydrogen) atoms. The number of rotatable bonds is 0. The molecule has 0 aromatic carbocycles. The van der Waals surface area contributed by atoms with Crippen LogP contribution < -0.4 is 0 Å². The molecule has 0 nitrogen and oxygen atoms in total. The maximum atomic E-state index is 2.89. The van der Waals surface area contributed by atoms with Crippen LogP contribution in [0.5, 0.6) is 0 Å². The molecule has 0 saturated heterocycles. The minimum Gasteiger partial charge on any atom is -0.0620 e. The fourth-order valence-electron chi connectivity index (χ4n) is 17.8. The third-order valence-corrected chi connectivity index (χ3v) is 17.6. The summed E-state index contributed by atoms with van der Waals surface area (Å²) < 4.78 is 0. The van der Waals surface area contributed by atoms with Crippen LogP contribution in [0.25, 0.3) is 0 Å². The predicted molar refractivity (Wildman–Crippen MR) is 111 cm³/mol. The molecule has 9 aliphatic carbocycles. The SMILES string of the molecule is CC1C2CC34CC56CC7C8C2C(C1C)(C3C)C8(C)C7(C)C1(C)C(C)C(C5C)C641. The van der Waals surface area contributed by atoms with Gasteiger partial charge in [0.15, 0.2) is 0 Å². The van der Waals surface area contributed by atoms with Gasteiger partial charge in [-0.05, 0) is 116 Å². The minimum atomic E-state index is 0.629. The lowest BCUT2D eigenvalue weighted by Gasteiger charge is -3.03. The van der Waals surface area contributed by atoms with Gasteiger partial charge < -0.3 is 0 Å². The molecule has 9 fully saturated rings. The lowest BCUT2D eigenvalue weighted by atomic mass is 9.00. The Morgan fingerprint density at radius 1 is 0.643 bits per heavy atom. The summed E-state index contributed by atoms with van der Waals surface area (Å²) in [6.45, 7) is 22.4. The van der Waals surface area contributed by atoms with Crippen molar-refractivity contribution in [1.82, 2.24) is 0 Å². The molecule has 3 spiro atoms. The molecular formula is C28H40. The van der Waals surface area contributed by atoms with E-state index in [1.165, 1.54) is 0 Å². The van der Waals surface area contributed by atoms with Gasteiger partial charge >= 0.3 is 0 Å². The molecular weight excluding hydrogens is 336 g/mol. The van der Waals surface area contributed by atoms with Crippen LogP contribution in [0.4, 0.5) is 0 Å². The summed E-state index contributed by atoms with van der Waals surface area (Å²) in [5.41, 5.74) is 4.86. The Morgan fingerprint density at radius 3 is 2.07 bits per heavy atom. The molecule has 0 heteroatoms. The van der Waals surface area contributed by atoms with Crippen molar-refractivity contribution in [2.45, 2.75) is 74.7 Å². The van der Waals surface area contributed by atoms with Crippen molar-refractivity contribution in [3.05, 3.63) is 0 Å². The average Bonchev–Trinajstić information content (AvgIpc) is 2.90. The fourth-order valence-corrected chi connectivity index (χ4v) is 17.8. The molecule has 9 rings (SSSR count). The minimum absolute atomic E-state index is 0.629. The highest BCUT2D eigenvalue weighted by molar-refractivity contribution is 5.56. The highest BCUT2D eigenvalue weighted by Gasteiger charge is 3.10. The van der Waals surface area contributed by atoms with E-state index in [0.717, 1.165) is 75.4 Å². The maximum Gasteiger partial charge on any atom is -0.00827 e. The fraction of sp³-hybridized carbons (Fsp3) is 1.00. The van der Waals surface area contributed by atoms with Crippen LogP contribution in [0, 0.1) is 97.1 Å². The van der Waals surface area contributed by atoms with E-state index in [9.17, 15) is 0 Å². The second kappa shape index (κ2) is 3.24. The molecule has 0 N–H and O–H groups in total. The van der Waals surface area contributed by atoms with E-state index in [2.05, 4.69) is 55.4 Å². The van der Waals surface area contributed by atoms with Crippen LogP contribution in [0.2, 0.25) is 0 Å². The number of hydrogen-bond donors (Lipinski definition) is 0. The molecule has 0 aromatic heterocycles. The van der Waals surface area contributed by atoms with Crippen LogP contribution in [0.3, 0.4) is 0 Å². The Labute approximate surface area is 172 Å². The first-order valence-electron chi connectivity index (χ1n) is 13.0. The molecule has 9 aliphatic rings. The molecule has 0 aliphatic heterocycles. The van der Waals surface area contributed by atoms with Gasteiger partial charge in [0.05, 0.1) is 0 Å². The van der Waals surface area contributed by atoms with Crippen molar-refractivity contribution in [2.75, 3.05) is 0 Å². The summed E-state index contributed by atoms with van der Waals surface area (Å²) in [6, 6.07) is 0. The highest BCUT2D eigenvalue weighted by atomic mass is 15.1. The lowest BCUT2D eigenvalue weighted by molar-refractivity contribution is -0.566. The topological polar surface area (TPSA) is 0 Å². The predicted octanol–water partition coefficient (Wildman–Crippen LogP) is 6.51. The zero-order valence-electron chi connectivity index (χ0n) is 19.4. The van der Waals surface area contributed by atoms with E-state index in [0.29, 0.717) is 21.7 Å². The molecule has 0 amide bonds. The first kappa shape index (κ1) is 15.8. The van der Waals surface area contributed by atoms with Gasteiger partial charge in [0, 0.05) is 0 Å². The van der Waals surface area contributed by atoms with Crippen LogP contribution in [0.1, 0.15) is 74.7 Å². The normalized spacial score (nSPS) is 90.0. The molecule has 17 unspecified atom stereocenters. The summed E-state index contributed by atoms with van der Waals surface area (Å²) in [7, 11) is 0. The summed E-state index contributed by atoms with van der Waals surface area (Å²) in [4.78, 5) is 0. The second-order valence-corrected chi connectivity index (χ2v) is 15.0. The van der Waals surface area contributed by atoms with Crippen LogP contribution in [-0.4, -0.2) is 0 Å². The van der Waals surface area contributed by atoms with E-state index in [-0.39, 0.29) is 0 Å². The van der Waals surface area contributed by atoms with Gasteiger partial charge in [0.25, 0.3) is 0 Å². The molecule has 0 radical (unpaired) electrons. The quantitative estimate of drug-likeness (QED) is 0.452. The summed E-state index contributed by atoms with van der Waals surface area (Å²) in [5, 5.41) is 0. The van der Waals surface area contributed by atoms with E-state index in [1.54, 1.807) is 19.3 Å². The summed E-state index contributed by atoms with van der Waals surface area (Å²) >= 11 is 0. The van der Waals surface area contributed by atoms with Crippen LogP contribution in [0.15, 0.2) is 0 Å². The van der Waals surface area contributed by atoms with Gasteiger partial charge in [0.2, 0.25) is 0 Å². The van der Waals surface area contributed by atoms with Gasteiger partial charge in [-0.15, -0.1) is 0 Å². The second-order valence-electron chi connectivity index (χ2n) is 15.0. The van der Waals surface area contributed by atoms with E-state index in [4.69, 9.17) is 0 Å². The van der Waals surface area contributed by atoms with Crippen LogP contribution in [-0.2, 0) is 0 Å². The monoisotopic (exact) mass is 376 g/mol. The van der Waals surface area contributed by atoms with E-state index >= 15 is 0 Å². The van der Waals surface area contributed by atoms with Gasteiger partial charge in [-0.25, -0.2) is 0 Å². The summed E-state index contributed by atoms with van der Waals surface area (Å²) in [6.07, 6.45) is 4.95. The molecule has 17 atom stereocenters. The Balaban J connectivity index is 1.48. The number of hydrogen-bond acceptors (Lipinski definition) is 0. The van der Waals surface area contributed by atoms with Gasteiger partial charge in [-0.2, -0.15) is 0 Å². The van der Waals surface area contributed by atoms with Gasteiger partial charge in [0.1, 0.15) is 0 Å². The standard InChI is InChI=1S/C28H40/c1-12-13(2)27-16(5)26-9-17(12)20(27)21-18-10-25(11-26)15(4)19-14(3)22(6,28(19,25)26)23(18,7)24(21,27)8/h12-21H,9-11H2,1-8H3. The Hall–Kier alpha value is 0. The van der Waals surface area contributed by atoms with Crippen molar-refractivity contribution < 1.29 is 0 Å². The Bertz CT molecular complexity index is 934. The molecule has 9 saturated carbocycles. The lowest BCUT2D eigenvalue weighted by Crippen LogP contribution is -2.99. The smallest absolute Gasteiger partial charge is 0.00827 e. The Kier molecular flexibility index (Phi) is 1.83.